The quantitative estimate of drug-likeness (QED) is 0.612. The maximum absolute atomic E-state index is 11.4. The van der Waals surface area contributed by atoms with E-state index in [1.54, 1.807) is 4.90 Å². The van der Waals surface area contributed by atoms with Crippen LogP contribution in [0.5, 0.6) is 0 Å². The molecule has 0 N–H and O–H groups in total. The highest BCUT2D eigenvalue weighted by Crippen LogP contribution is 2.30. The van der Waals surface area contributed by atoms with E-state index in [0.29, 0.717) is 12.6 Å². The molecule has 4 nitrogen and oxygen atoms in total. The van der Waals surface area contributed by atoms with Crippen molar-refractivity contribution in [2.24, 2.45) is 0 Å². The zero-order chi connectivity index (χ0) is 10.8. The third-order valence-corrected chi connectivity index (χ3v) is 3.07. The minimum atomic E-state index is -0.129. The summed E-state index contributed by atoms with van der Waals surface area (Å²) in [6, 6.07) is 2.75. The van der Waals surface area contributed by atoms with Gasteiger partial charge in [0.15, 0.2) is 0 Å². The molecule has 0 spiro atoms. The number of amides is 1. The number of hydrogen-bond donors (Lipinski definition) is 0. The average Bonchev–Trinajstić information content (AvgIpc) is 3.11. The Balaban J connectivity index is 1.99. The lowest BCUT2D eigenvalue weighted by Crippen LogP contribution is -2.54. The van der Waals surface area contributed by atoms with Crippen molar-refractivity contribution in [3.05, 3.63) is 12.7 Å². The van der Waals surface area contributed by atoms with E-state index in [4.69, 9.17) is 5.26 Å². The summed E-state index contributed by atoms with van der Waals surface area (Å²) in [5, 5.41) is 9.05. The second kappa shape index (κ2) is 4.03. The van der Waals surface area contributed by atoms with Gasteiger partial charge < -0.3 is 4.90 Å². The van der Waals surface area contributed by atoms with Gasteiger partial charge in [0, 0.05) is 25.7 Å². The molecule has 1 saturated carbocycles. The van der Waals surface area contributed by atoms with Gasteiger partial charge in [0.2, 0.25) is 5.91 Å². The molecule has 1 aliphatic heterocycles. The first kappa shape index (κ1) is 10.2. The van der Waals surface area contributed by atoms with Gasteiger partial charge in [-0.05, 0) is 18.9 Å². The summed E-state index contributed by atoms with van der Waals surface area (Å²) < 4.78 is 0. The Bertz CT molecular complexity index is 316. The van der Waals surface area contributed by atoms with Gasteiger partial charge in [-0.15, -0.1) is 0 Å². The van der Waals surface area contributed by atoms with Crippen molar-refractivity contribution in [3.8, 4) is 6.07 Å². The van der Waals surface area contributed by atoms with Crippen molar-refractivity contribution in [1.82, 2.24) is 9.80 Å². The number of nitrogens with zero attached hydrogens (tertiary/aromatic N) is 3. The largest absolute Gasteiger partial charge is 0.335 e. The Hall–Kier alpha value is -1.34. The molecule has 80 valence electrons. The van der Waals surface area contributed by atoms with Gasteiger partial charge in [0.1, 0.15) is 6.04 Å². The van der Waals surface area contributed by atoms with E-state index in [2.05, 4.69) is 17.5 Å². The highest BCUT2D eigenvalue weighted by molar-refractivity contribution is 5.87. The summed E-state index contributed by atoms with van der Waals surface area (Å²) in [6.45, 7) is 5.53. The maximum atomic E-state index is 11.4. The van der Waals surface area contributed by atoms with Gasteiger partial charge in [0.05, 0.1) is 6.07 Å². The van der Waals surface area contributed by atoms with E-state index in [-0.39, 0.29) is 11.9 Å². The van der Waals surface area contributed by atoms with Gasteiger partial charge >= 0.3 is 0 Å². The van der Waals surface area contributed by atoms with Crippen LogP contribution in [0.1, 0.15) is 12.8 Å². The molecule has 2 fully saturated rings. The molecule has 4 heteroatoms. The van der Waals surface area contributed by atoms with Crippen LogP contribution < -0.4 is 0 Å². The predicted octanol–water partition coefficient (Wildman–Crippen LogP) is 0.371. The summed E-state index contributed by atoms with van der Waals surface area (Å²) >= 11 is 0. The molecular formula is C11H15N3O. The van der Waals surface area contributed by atoms with Crippen LogP contribution in [0.4, 0.5) is 0 Å². The van der Waals surface area contributed by atoms with Crippen LogP contribution in [0.2, 0.25) is 0 Å². The molecule has 2 rings (SSSR count). The van der Waals surface area contributed by atoms with Crippen LogP contribution in [0.3, 0.4) is 0 Å². The fourth-order valence-corrected chi connectivity index (χ4v) is 2.08. The van der Waals surface area contributed by atoms with E-state index < -0.39 is 0 Å². The molecular weight excluding hydrogens is 190 g/mol. The first-order valence-electron chi connectivity index (χ1n) is 5.33. The van der Waals surface area contributed by atoms with Gasteiger partial charge in [0.25, 0.3) is 0 Å². The third kappa shape index (κ3) is 2.02. The molecule has 0 aromatic rings. The van der Waals surface area contributed by atoms with Crippen molar-refractivity contribution in [2.75, 3.05) is 19.6 Å². The normalized spacial score (nSPS) is 27.1. The second-order valence-electron chi connectivity index (χ2n) is 4.10. The van der Waals surface area contributed by atoms with Crippen LogP contribution in [0, 0.1) is 11.3 Å². The van der Waals surface area contributed by atoms with E-state index in [9.17, 15) is 4.79 Å². The summed E-state index contributed by atoms with van der Waals surface area (Å²) in [6.07, 6.45) is 3.72. The molecule has 1 unspecified atom stereocenters. The van der Waals surface area contributed by atoms with Gasteiger partial charge in [-0.2, -0.15) is 5.26 Å². The number of carbonyl (C=O) groups is 1. The minimum absolute atomic E-state index is 0.0642. The summed E-state index contributed by atoms with van der Waals surface area (Å²) in [7, 11) is 0. The van der Waals surface area contributed by atoms with Crippen molar-refractivity contribution in [1.29, 1.82) is 5.26 Å². The standard InChI is InChI=1S/C11H15N3O/c1-2-11(15)13-5-6-14(9-3-4-9)10(7-12)8-13/h2,9-10H,1,3-6,8H2. The topological polar surface area (TPSA) is 47.3 Å². The Morgan fingerprint density at radius 2 is 2.20 bits per heavy atom. The fourth-order valence-electron chi connectivity index (χ4n) is 2.08. The lowest BCUT2D eigenvalue weighted by Gasteiger charge is -2.37. The predicted molar refractivity (Wildman–Crippen MR) is 55.9 cm³/mol. The van der Waals surface area contributed by atoms with Crippen molar-refractivity contribution < 1.29 is 4.79 Å². The zero-order valence-corrected chi connectivity index (χ0v) is 8.72. The first-order valence-corrected chi connectivity index (χ1v) is 5.33. The van der Waals surface area contributed by atoms with Crippen molar-refractivity contribution in [2.45, 2.75) is 24.9 Å². The Morgan fingerprint density at radius 1 is 1.47 bits per heavy atom. The van der Waals surface area contributed by atoms with Crippen LogP contribution in [-0.2, 0) is 4.79 Å². The molecule has 1 atom stereocenters. The van der Waals surface area contributed by atoms with E-state index in [0.717, 1.165) is 13.1 Å². The lowest BCUT2D eigenvalue weighted by molar-refractivity contribution is -0.128. The van der Waals surface area contributed by atoms with Gasteiger partial charge in [-0.1, -0.05) is 6.58 Å². The van der Waals surface area contributed by atoms with E-state index in [1.165, 1.54) is 18.9 Å². The molecule has 0 aromatic carbocycles. The molecule has 0 aromatic heterocycles. The molecule has 1 amide bonds. The minimum Gasteiger partial charge on any atom is -0.335 e. The number of carbonyl (C=O) groups excluding carboxylic acids is 1. The summed E-state index contributed by atoms with van der Waals surface area (Å²) in [4.78, 5) is 15.3. The van der Waals surface area contributed by atoms with Gasteiger partial charge in [-0.25, -0.2) is 0 Å². The summed E-state index contributed by atoms with van der Waals surface area (Å²) in [5.74, 6) is -0.0642. The van der Waals surface area contributed by atoms with Crippen LogP contribution in [0.25, 0.3) is 0 Å². The van der Waals surface area contributed by atoms with Crippen molar-refractivity contribution in [3.63, 3.8) is 0 Å². The molecule has 15 heavy (non-hydrogen) atoms. The smallest absolute Gasteiger partial charge is 0.246 e. The fraction of sp³-hybridized carbons (Fsp3) is 0.636. The third-order valence-electron chi connectivity index (χ3n) is 3.07. The monoisotopic (exact) mass is 205 g/mol. The van der Waals surface area contributed by atoms with Crippen molar-refractivity contribution >= 4 is 5.91 Å². The van der Waals surface area contributed by atoms with Crippen LogP contribution >= 0.6 is 0 Å². The van der Waals surface area contributed by atoms with E-state index >= 15 is 0 Å². The zero-order valence-electron chi connectivity index (χ0n) is 8.72. The molecule has 1 heterocycles. The Labute approximate surface area is 89.8 Å². The second-order valence-corrected chi connectivity index (χ2v) is 4.10. The SMILES string of the molecule is C=CC(=O)N1CCN(C2CC2)C(C#N)C1. The average molecular weight is 205 g/mol. The number of rotatable bonds is 2. The Kier molecular flexibility index (Phi) is 2.74. The van der Waals surface area contributed by atoms with Crippen LogP contribution in [0.15, 0.2) is 12.7 Å². The molecule has 0 bridgehead atoms. The summed E-state index contributed by atoms with van der Waals surface area (Å²) in [5.41, 5.74) is 0. The molecule has 1 aliphatic carbocycles. The molecule has 2 aliphatic rings. The maximum Gasteiger partial charge on any atom is 0.246 e. The Morgan fingerprint density at radius 3 is 2.73 bits per heavy atom. The van der Waals surface area contributed by atoms with E-state index in [1.807, 2.05) is 0 Å². The highest BCUT2D eigenvalue weighted by atomic mass is 16.2. The highest BCUT2D eigenvalue weighted by Gasteiger charge is 2.37. The first-order chi connectivity index (χ1) is 7.26. The number of hydrogen-bond acceptors (Lipinski definition) is 3. The molecule has 1 saturated heterocycles. The number of piperazine rings is 1. The molecule has 0 radical (unpaired) electrons. The van der Waals surface area contributed by atoms with Gasteiger partial charge in [-0.3, -0.25) is 9.69 Å². The lowest BCUT2D eigenvalue weighted by atomic mass is 10.1. The number of nitriles is 1. The van der Waals surface area contributed by atoms with Crippen LogP contribution in [-0.4, -0.2) is 47.4 Å².